The Hall–Kier alpha value is -2.93. The molecule has 3 rings (SSSR count). The molecule has 0 unspecified atom stereocenters. The van der Waals surface area contributed by atoms with Gasteiger partial charge in [-0.15, -0.1) is 0 Å². The van der Waals surface area contributed by atoms with Crippen LogP contribution in [0.1, 0.15) is 5.56 Å². The third kappa shape index (κ3) is 4.77. The molecule has 0 aliphatic carbocycles. The fourth-order valence-corrected chi connectivity index (χ4v) is 2.43. The molecule has 0 radical (unpaired) electrons. The molecule has 0 aliphatic heterocycles. The van der Waals surface area contributed by atoms with Gasteiger partial charge in [0.2, 0.25) is 0 Å². The molecule has 25 heavy (non-hydrogen) atoms. The molecule has 2 aromatic carbocycles. The van der Waals surface area contributed by atoms with Gasteiger partial charge in [-0.1, -0.05) is 51.4 Å². The van der Waals surface area contributed by atoms with E-state index in [9.17, 15) is 4.79 Å². The maximum Gasteiger partial charge on any atom is 0.277 e. The molecular formula is C18H14BrN3O3. The van der Waals surface area contributed by atoms with E-state index < -0.39 is 0 Å². The van der Waals surface area contributed by atoms with E-state index in [4.69, 9.17) is 9.26 Å². The lowest BCUT2D eigenvalue weighted by molar-refractivity contribution is -0.123. The lowest BCUT2D eigenvalue weighted by Gasteiger charge is -2.09. The molecule has 1 heterocycles. The topological polar surface area (TPSA) is 76.7 Å². The van der Waals surface area contributed by atoms with Crippen molar-refractivity contribution in [2.45, 2.75) is 0 Å². The number of amides is 1. The molecule has 1 aromatic heterocycles. The summed E-state index contributed by atoms with van der Waals surface area (Å²) in [5.74, 6) is 0.708. The Morgan fingerprint density at radius 3 is 2.84 bits per heavy atom. The highest BCUT2D eigenvalue weighted by atomic mass is 79.9. The maximum atomic E-state index is 11.9. The quantitative estimate of drug-likeness (QED) is 0.507. The van der Waals surface area contributed by atoms with Crippen molar-refractivity contribution in [3.63, 3.8) is 0 Å². The molecule has 0 bridgehead atoms. The van der Waals surface area contributed by atoms with Gasteiger partial charge in [0, 0.05) is 10.5 Å². The van der Waals surface area contributed by atoms with Crippen molar-refractivity contribution in [3.8, 4) is 17.1 Å². The standard InChI is InChI=1S/C18H14BrN3O3/c19-14-6-7-16(15(10-14)17-8-9-21-25-17)24-12-18(23)22-20-11-13-4-2-1-3-5-13/h1-11H,12H2,(H,22,23)/b20-11+. The molecule has 7 heteroatoms. The normalized spacial score (nSPS) is 10.8. The molecule has 6 nitrogen and oxygen atoms in total. The Bertz CT molecular complexity index is 865. The highest BCUT2D eigenvalue weighted by Gasteiger charge is 2.12. The predicted octanol–water partition coefficient (Wildman–Crippen LogP) is 3.63. The van der Waals surface area contributed by atoms with E-state index in [1.54, 1.807) is 24.5 Å². The molecule has 0 saturated heterocycles. The summed E-state index contributed by atoms with van der Waals surface area (Å²) in [7, 11) is 0. The fraction of sp³-hybridized carbons (Fsp3) is 0.0556. The lowest BCUT2D eigenvalue weighted by Crippen LogP contribution is -2.24. The molecular weight excluding hydrogens is 386 g/mol. The van der Waals surface area contributed by atoms with Gasteiger partial charge >= 0.3 is 0 Å². The molecule has 0 aliphatic rings. The average Bonchev–Trinajstić information content (AvgIpc) is 3.16. The van der Waals surface area contributed by atoms with Crippen molar-refractivity contribution in [3.05, 3.63) is 70.8 Å². The van der Waals surface area contributed by atoms with E-state index >= 15 is 0 Å². The zero-order chi connectivity index (χ0) is 17.5. The first-order valence-electron chi connectivity index (χ1n) is 7.43. The van der Waals surface area contributed by atoms with E-state index in [1.807, 2.05) is 42.5 Å². The van der Waals surface area contributed by atoms with Crippen molar-refractivity contribution >= 4 is 28.1 Å². The minimum Gasteiger partial charge on any atom is -0.483 e. The Balaban J connectivity index is 1.60. The van der Waals surface area contributed by atoms with Gasteiger partial charge in [-0.25, -0.2) is 5.43 Å². The third-order valence-electron chi connectivity index (χ3n) is 3.21. The van der Waals surface area contributed by atoms with Gasteiger partial charge in [-0.05, 0) is 23.8 Å². The summed E-state index contributed by atoms with van der Waals surface area (Å²) in [6, 6.07) is 16.6. The van der Waals surface area contributed by atoms with Gasteiger partial charge < -0.3 is 9.26 Å². The van der Waals surface area contributed by atoms with E-state index in [0.717, 1.165) is 10.0 Å². The second kappa shape index (κ2) is 8.25. The minimum absolute atomic E-state index is 0.172. The Labute approximate surface area is 152 Å². The number of halogens is 1. The molecule has 126 valence electrons. The molecule has 0 atom stereocenters. The molecule has 0 spiro atoms. The van der Waals surface area contributed by atoms with Crippen LogP contribution < -0.4 is 10.2 Å². The average molecular weight is 400 g/mol. The monoisotopic (exact) mass is 399 g/mol. The zero-order valence-electron chi connectivity index (χ0n) is 13.1. The fourth-order valence-electron chi connectivity index (χ4n) is 2.07. The third-order valence-corrected chi connectivity index (χ3v) is 3.70. The summed E-state index contributed by atoms with van der Waals surface area (Å²) >= 11 is 3.40. The van der Waals surface area contributed by atoms with E-state index in [-0.39, 0.29) is 12.5 Å². The first-order valence-corrected chi connectivity index (χ1v) is 8.22. The van der Waals surface area contributed by atoms with E-state index in [1.165, 1.54) is 0 Å². The van der Waals surface area contributed by atoms with Crippen LogP contribution in [0.25, 0.3) is 11.3 Å². The van der Waals surface area contributed by atoms with E-state index in [0.29, 0.717) is 17.1 Å². The first-order chi connectivity index (χ1) is 12.2. The summed E-state index contributed by atoms with van der Waals surface area (Å²) < 4.78 is 11.6. The number of carbonyl (C=O) groups excluding carboxylic acids is 1. The smallest absolute Gasteiger partial charge is 0.277 e. The van der Waals surface area contributed by atoms with Crippen LogP contribution in [0.3, 0.4) is 0 Å². The second-order valence-corrected chi connectivity index (χ2v) is 5.93. The van der Waals surface area contributed by atoms with Crippen molar-refractivity contribution < 1.29 is 14.1 Å². The van der Waals surface area contributed by atoms with Gasteiger partial charge in [0.25, 0.3) is 5.91 Å². The molecule has 1 amide bonds. The molecule has 3 aromatic rings. The number of benzene rings is 2. The number of hydrogen-bond acceptors (Lipinski definition) is 5. The molecule has 0 saturated carbocycles. The summed E-state index contributed by atoms with van der Waals surface area (Å²) in [6.07, 6.45) is 3.11. The Morgan fingerprint density at radius 2 is 2.08 bits per heavy atom. The number of hydrazone groups is 1. The number of rotatable bonds is 6. The van der Waals surface area contributed by atoms with Crippen LogP contribution >= 0.6 is 15.9 Å². The van der Waals surface area contributed by atoms with Gasteiger partial charge in [0.05, 0.1) is 18.0 Å². The van der Waals surface area contributed by atoms with E-state index in [2.05, 4.69) is 31.6 Å². The maximum absolute atomic E-state index is 11.9. The van der Waals surface area contributed by atoms with Crippen LogP contribution in [0.2, 0.25) is 0 Å². The number of carbonyl (C=O) groups is 1. The summed E-state index contributed by atoms with van der Waals surface area (Å²) in [5, 5.41) is 7.59. The van der Waals surface area contributed by atoms with Gasteiger partial charge in [-0.3, -0.25) is 4.79 Å². The number of ether oxygens (including phenoxy) is 1. The van der Waals surface area contributed by atoms with Crippen LogP contribution in [0, 0.1) is 0 Å². The van der Waals surface area contributed by atoms with Crippen molar-refractivity contribution in [1.82, 2.24) is 10.6 Å². The summed E-state index contributed by atoms with van der Waals surface area (Å²) in [5.41, 5.74) is 4.02. The van der Waals surface area contributed by atoms with Crippen molar-refractivity contribution in [2.75, 3.05) is 6.61 Å². The SMILES string of the molecule is O=C(COc1ccc(Br)cc1-c1ccno1)N/N=C/c1ccccc1. The number of nitrogens with zero attached hydrogens (tertiary/aromatic N) is 2. The lowest BCUT2D eigenvalue weighted by atomic mass is 10.1. The first kappa shape index (κ1) is 16.9. The van der Waals surface area contributed by atoms with Gasteiger partial charge in [0.15, 0.2) is 12.4 Å². The number of nitrogens with one attached hydrogen (secondary N) is 1. The van der Waals surface area contributed by atoms with Crippen molar-refractivity contribution in [2.24, 2.45) is 5.10 Å². The number of aromatic nitrogens is 1. The van der Waals surface area contributed by atoms with Crippen LogP contribution in [0.5, 0.6) is 5.75 Å². The zero-order valence-corrected chi connectivity index (χ0v) is 14.6. The number of hydrogen-bond donors (Lipinski definition) is 1. The molecule has 1 N–H and O–H groups in total. The van der Waals surface area contributed by atoms with Crippen LogP contribution in [0.4, 0.5) is 0 Å². The van der Waals surface area contributed by atoms with Crippen LogP contribution in [-0.4, -0.2) is 23.9 Å². The summed E-state index contributed by atoms with van der Waals surface area (Å²) in [4.78, 5) is 11.9. The predicted molar refractivity (Wildman–Crippen MR) is 97.3 cm³/mol. The highest BCUT2D eigenvalue weighted by Crippen LogP contribution is 2.32. The largest absolute Gasteiger partial charge is 0.483 e. The molecule has 0 fully saturated rings. The van der Waals surface area contributed by atoms with Crippen molar-refractivity contribution in [1.29, 1.82) is 0 Å². The van der Waals surface area contributed by atoms with Gasteiger partial charge in [0.1, 0.15) is 5.75 Å². The van der Waals surface area contributed by atoms with Gasteiger partial charge in [-0.2, -0.15) is 5.10 Å². The van der Waals surface area contributed by atoms with Crippen LogP contribution in [-0.2, 0) is 4.79 Å². The Morgan fingerprint density at radius 1 is 1.24 bits per heavy atom. The minimum atomic E-state index is -0.362. The highest BCUT2D eigenvalue weighted by molar-refractivity contribution is 9.10. The summed E-state index contributed by atoms with van der Waals surface area (Å²) in [6.45, 7) is -0.172. The Kier molecular flexibility index (Phi) is 5.58. The van der Waals surface area contributed by atoms with Crippen LogP contribution in [0.15, 0.2) is 74.9 Å². The second-order valence-electron chi connectivity index (χ2n) is 5.01.